The van der Waals surface area contributed by atoms with Gasteiger partial charge >= 0.3 is 0 Å². The molecule has 0 radical (unpaired) electrons. The molecule has 1 amide bonds. The number of hydrogen-bond donors (Lipinski definition) is 2. The van der Waals surface area contributed by atoms with Crippen molar-refractivity contribution in [2.24, 2.45) is 5.73 Å². The van der Waals surface area contributed by atoms with Crippen LogP contribution in [0.5, 0.6) is 0 Å². The first-order valence-electron chi connectivity index (χ1n) is 5.63. The summed E-state index contributed by atoms with van der Waals surface area (Å²) >= 11 is 1.88. The van der Waals surface area contributed by atoms with E-state index in [0.29, 0.717) is 11.3 Å². The van der Waals surface area contributed by atoms with E-state index in [1.807, 2.05) is 18.7 Å². The van der Waals surface area contributed by atoms with Gasteiger partial charge in [0.2, 0.25) is 5.91 Å². The highest BCUT2D eigenvalue weighted by Crippen LogP contribution is 2.25. The molecule has 4 heteroatoms. The van der Waals surface area contributed by atoms with Crippen LogP contribution in [0.15, 0.2) is 0 Å². The van der Waals surface area contributed by atoms with Crippen LogP contribution in [0.1, 0.15) is 40.0 Å². The monoisotopic (exact) mass is 230 g/mol. The molecule has 1 unspecified atom stereocenters. The third-order valence-electron chi connectivity index (χ3n) is 2.70. The van der Waals surface area contributed by atoms with Crippen LogP contribution in [-0.2, 0) is 4.79 Å². The highest BCUT2D eigenvalue weighted by molar-refractivity contribution is 7.99. The van der Waals surface area contributed by atoms with Crippen LogP contribution in [0.3, 0.4) is 0 Å². The average molecular weight is 230 g/mol. The van der Waals surface area contributed by atoms with Gasteiger partial charge in [0.15, 0.2) is 0 Å². The van der Waals surface area contributed by atoms with Gasteiger partial charge in [-0.3, -0.25) is 4.79 Å². The highest BCUT2D eigenvalue weighted by Gasteiger charge is 2.36. The second-order valence-corrected chi connectivity index (χ2v) is 6.47. The van der Waals surface area contributed by atoms with E-state index in [4.69, 9.17) is 5.73 Å². The van der Waals surface area contributed by atoms with Crippen LogP contribution < -0.4 is 11.1 Å². The quantitative estimate of drug-likeness (QED) is 0.697. The van der Waals surface area contributed by atoms with E-state index < -0.39 is 5.54 Å². The fraction of sp³-hybridized carbons (Fsp3) is 0.909. The molecule has 0 heterocycles. The maximum atomic E-state index is 11.4. The molecule has 0 spiro atoms. The summed E-state index contributed by atoms with van der Waals surface area (Å²) in [6.45, 7) is 6.26. The van der Waals surface area contributed by atoms with E-state index in [1.54, 1.807) is 0 Å². The van der Waals surface area contributed by atoms with E-state index in [9.17, 15) is 4.79 Å². The van der Waals surface area contributed by atoms with Crippen LogP contribution in [0.2, 0.25) is 0 Å². The Bertz CT molecular complexity index is 229. The van der Waals surface area contributed by atoms with Gasteiger partial charge in [0.05, 0.1) is 5.54 Å². The third-order valence-corrected chi connectivity index (χ3v) is 3.80. The van der Waals surface area contributed by atoms with E-state index in [0.717, 1.165) is 12.2 Å². The second kappa shape index (κ2) is 5.21. The largest absolute Gasteiger partial charge is 0.368 e. The third kappa shape index (κ3) is 4.43. The zero-order chi connectivity index (χ0) is 11.5. The van der Waals surface area contributed by atoms with Crippen LogP contribution in [0.25, 0.3) is 0 Å². The number of primary amides is 1. The first-order chi connectivity index (χ1) is 6.94. The normalized spacial score (nSPS) is 20.3. The maximum Gasteiger partial charge on any atom is 0.237 e. The molecule has 1 aliphatic carbocycles. The van der Waals surface area contributed by atoms with Crippen LogP contribution in [0.4, 0.5) is 0 Å². The first-order valence-corrected chi connectivity index (χ1v) is 6.68. The minimum atomic E-state index is -0.511. The molecule has 0 bridgehead atoms. The summed E-state index contributed by atoms with van der Waals surface area (Å²) in [5.74, 6) is 0.760. The van der Waals surface area contributed by atoms with Crippen LogP contribution in [-0.4, -0.2) is 28.5 Å². The Morgan fingerprint density at radius 3 is 2.60 bits per heavy atom. The molecule has 3 N–H and O–H groups in total. The molecule has 1 aliphatic rings. The van der Waals surface area contributed by atoms with Gasteiger partial charge in [-0.1, -0.05) is 13.8 Å². The molecular formula is C11H22N2OS. The fourth-order valence-corrected chi connectivity index (χ4v) is 2.44. The topological polar surface area (TPSA) is 55.1 Å². The molecule has 0 aromatic carbocycles. The van der Waals surface area contributed by atoms with Crippen molar-refractivity contribution in [1.82, 2.24) is 5.32 Å². The van der Waals surface area contributed by atoms with Crippen molar-refractivity contribution >= 4 is 17.7 Å². The summed E-state index contributed by atoms with van der Waals surface area (Å²) < 4.78 is 0. The predicted octanol–water partition coefficient (Wildman–Crippen LogP) is 1.51. The van der Waals surface area contributed by atoms with Gasteiger partial charge in [-0.25, -0.2) is 0 Å². The minimum absolute atomic E-state index is 0.223. The standard InChI is InChI=1S/C11H22N2OS/c1-8(2)15-7-6-11(3,10(12)14)13-9-4-5-9/h8-9,13H,4-7H2,1-3H3,(H2,12,14). The van der Waals surface area contributed by atoms with E-state index in [-0.39, 0.29) is 5.91 Å². The van der Waals surface area contributed by atoms with Crippen molar-refractivity contribution in [2.45, 2.75) is 56.9 Å². The molecule has 3 nitrogen and oxygen atoms in total. The van der Waals surface area contributed by atoms with Crippen molar-refractivity contribution in [3.8, 4) is 0 Å². The Balaban J connectivity index is 2.37. The van der Waals surface area contributed by atoms with Gasteiger partial charge in [-0.05, 0) is 37.2 Å². The Morgan fingerprint density at radius 2 is 2.20 bits per heavy atom. The molecule has 0 saturated heterocycles. The molecule has 15 heavy (non-hydrogen) atoms. The number of carbonyl (C=O) groups excluding carboxylic acids is 1. The lowest BCUT2D eigenvalue weighted by molar-refractivity contribution is -0.124. The number of carbonyl (C=O) groups is 1. The summed E-state index contributed by atoms with van der Waals surface area (Å²) in [5, 5.41) is 3.97. The first kappa shape index (κ1) is 12.8. The van der Waals surface area contributed by atoms with Crippen molar-refractivity contribution in [3.05, 3.63) is 0 Å². The van der Waals surface area contributed by atoms with Gasteiger partial charge in [-0.2, -0.15) is 11.8 Å². The average Bonchev–Trinajstić information content (AvgIpc) is 2.87. The maximum absolute atomic E-state index is 11.4. The van der Waals surface area contributed by atoms with Crippen LogP contribution in [0, 0.1) is 0 Å². The Hall–Kier alpha value is -0.220. The number of thioether (sulfide) groups is 1. The Morgan fingerprint density at radius 1 is 1.60 bits per heavy atom. The van der Waals surface area contributed by atoms with Gasteiger partial charge < -0.3 is 11.1 Å². The molecule has 88 valence electrons. The number of hydrogen-bond acceptors (Lipinski definition) is 3. The van der Waals surface area contributed by atoms with E-state index >= 15 is 0 Å². The molecule has 0 aliphatic heterocycles. The summed E-state index contributed by atoms with van der Waals surface area (Å²) in [4.78, 5) is 11.4. The number of rotatable bonds is 7. The van der Waals surface area contributed by atoms with Crippen LogP contribution >= 0.6 is 11.8 Å². The molecular weight excluding hydrogens is 208 g/mol. The lowest BCUT2D eigenvalue weighted by Gasteiger charge is -2.27. The van der Waals surface area contributed by atoms with Gasteiger partial charge in [-0.15, -0.1) is 0 Å². The molecule has 0 aromatic rings. The van der Waals surface area contributed by atoms with Crippen molar-refractivity contribution < 1.29 is 4.79 Å². The molecule has 1 atom stereocenters. The fourth-order valence-electron chi connectivity index (χ4n) is 1.44. The highest BCUT2D eigenvalue weighted by atomic mass is 32.2. The van der Waals surface area contributed by atoms with E-state index in [2.05, 4.69) is 19.2 Å². The zero-order valence-electron chi connectivity index (χ0n) is 9.88. The van der Waals surface area contributed by atoms with Crippen molar-refractivity contribution in [2.75, 3.05) is 5.75 Å². The van der Waals surface area contributed by atoms with Gasteiger partial charge in [0.1, 0.15) is 0 Å². The summed E-state index contributed by atoms with van der Waals surface area (Å²) in [6.07, 6.45) is 3.18. The Labute approximate surface area is 96.6 Å². The molecule has 0 aromatic heterocycles. The SMILES string of the molecule is CC(C)SCCC(C)(NC1CC1)C(N)=O. The lowest BCUT2D eigenvalue weighted by atomic mass is 9.98. The smallest absolute Gasteiger partial charge is 0.237 e. The van der Waals surface area contributed by atoms with Gasteiger partial charge in [0.25, 0.3) is 0 Å². The van der Waals surface area contributed by atoms with Gasteiger partial charge in [0, 0.05) is 6.04 Å². The zero-order valence-corrected chi connectivity index (χ0v) is 10.7. The summed E-state index contributed by atoms with van der Waals surface area (Å²) in [6, 6.07) is 0.520. The number of nitrogens with two attached hydrogens (primary N) is 1. The molecule has 1 saturated carbocycles. The predicted molar refractivity (Wildman–Crippen MR) is 66.0 cm³/mol. The number of amides is 1. The van der Waals surface area contributed by atoms with E-state index in [1.165, 1.54) is 12.8 Å². The number of nitrogens with one attached hydrogen (secondary N) is 1. The summed E-state index contributed by atoms with van der Waals surface area (Å²) in [7, 11) is 0. The lowest BCUT2D eigenvalue weighted by Crippen LogP contribution is -2.54. The molecule has 1 fully saturated rings. The second-order valence-electron chi connectivity index (χ2n) is 4.78. The van der Waals surface area contributed by atoms with Crippen molar-refractivity contribution in [1.29, 1.82) is 0 Å². The summed E-state index contributed by atoms with van der Waals surface area (Å²) in [5.41, 5.74) is 4.94. The Kier molecular flexibility index (Phi) is 4.46. The molecule has 1 rings (SSSR count). The van der Waals surface area contributed by atoms with Crippen molar-refractivity contribution in [3.63, 3.8) is 0 Å². The minimum Gasteiger partial charge on any atom is -0.368 e.